The maximum Gasteiger partial charge on any atom is 0.264 e. The first-order valence-corrected chi connectivity index (χ1v) is 14.6. The molecule has 3 rings (SSSR count). The van der Waals surface area contributed by atoms with E-state index in [1.54, 1.807) is 43.3 Å². The van der Waals surface area contributed by atoms with Crippen molar-refractivity contribution in [3.63, 3.8) is 0 Å². The highest BCUT2D eigenvalue weighted by molar-refractivity contribution is 7.93. The zero-order valence-corrected chi connectivity index (χ0v) is 22.9. The summed E-state index contributed by atoms with van der Waals surface area (Å²) in [6.45, 7) is 3.12. The number of hydrogen-bond acceptors (Lipinski definition) is 7. The van der Waals surface area contributed by atoms with Gasteiger partial charge < -0.3 is 14.8 Å². The van der Waals surface area contributed by atoms with Crippen molar-refractivity contribution in [2.45, 2.75) is 29.7 Å². The summed E-state index contributed by atoms with van der Waals surface area (Å²) in [5.74, 6) is 0.0733. The lowest BCUT2D eigenvalue weighted by Gasteiger charge is -2.25. The minimum atomic E-state index is -4.17. The quantitative estimate of drug-likeness (QED) is 0.413. The maximum absolute atomic E-state index is 13.7. The van der Waals surface area contributed by atoms with Gasteiger partial charge in [0.05, 0.1) is 35.7 Å². The van der Waals surface area contributed by atoms with Gasteiger partial charge in [0, 0.05) is 12.3 Å². The van der Waals surface area contributed by atoms with Crippen LogP contribution in [-0.2, 0) is 24.7 Å². The van der Waals surface area contributed by atoms with E-state index < -0.39 is 38.4 Å². The number of sulfonamides is 1. The van der Waals surface area contributed by atoms with Crippen LogP contribution in [0.1, 0.15) is 24.1 Å². The number of anilines is 1. The first-order chi connectivity index (χ1) is 17.4. The smallest absolute Gasteiger partial charge is 0.264 e. The molecule has 0 spiro atoms. The number of aryl methyl sites for hydroxylation is 1. The van der Waals surface area contributed by atoms with Crippen molar-refractivity contribution in [3.8, 4) is 11.5 Å². The topological polar surface area (TPSA) is 119 Å². The molecule has 0 aliphatic carbocycles. The fraction of sp³-hybridized carbons (Fsp3) is 0.269. The SMILES string of the molecule is COc1ccc(S(=O)(=O)N(CC(=O)N[C@@H](C)c2ccc(S(C)(=O)=O)cc2)c2ccc(C)cc2)cc1OC. The van der Waals surface area contributed by atoms with Gasteiger partial charge in [-0.2, -0.15) is 0 Å². The minimum absolute atomic E-state index is 0.0667. The Kier molecular flexibility index (Phi) is 8.49. The molecule has 0 aliphatic rings. The molecule has 3 aromatic carbocycles. The Morgan fingerprint density at radius 3 is 1.97 bits per heavy atom. The van der Waals surface area contributed by atoms with Crippen molar-refractivity contribution >= 4 is 31.5 Å². The number of sulfone groups is 1. The Morgan fingerprint density at radius 1 is 0.865 bits per heavy atom. The predicted molar refractivity (Wildman–Crippen MR) is 141 cm³/mol. The number of benzene rings is 3. The first-order valence-electron chi connectivity index (χ1n) is 11.3. The van der Waals surface area contributed by atoms with E-state index >= 15 is 0 Å². The molecule has 0 saturated carbocycles. The number of nitrogens with zero attached hydrogens (tertiary/aromatic N) is 1. The molecule has 198 valence electrons. The van der Waals surface area contributed by atoms with Gasteiger partial charge in [0.15, 0.2) is 21.3 Å². The third kappa shape index (κ3) is 6.60. The average Bonchev–Trinajstić information content (AvgIpc) is 2.86. The fourth-order valence-corrected chi connectivity index (χ4v) is 5.70. The average molecular weight is 547 g/mol. The number of methoxy groups -OCH3 is 2. The van der Waals surface area contributed by atoms with Gasteiger partial charge >= 0.3 is 0 Å². The summed E-state index contributed by atoms with van der Waals surface area (Å²) in [5.41, 5.74) is 1.92. The molecule has 0 fully saturated rings. The Bertz CT molecular complexity index is 1470. The third-order valence-electron chi connectivity index (χ3n) is 5.74. The number of hydrogen-bond donors (Lipinski definition) is 1. The van der Waals surface area contributed by atoms with Gasteiger partial charge in [-0.15, -0.1) is 0 Å². The van der Waals surface area contributed by atoms with Gasteiger partial charge in [0.25, 0.3) is 10.0 Å². The molecule has 0 aromatic heterocycles. The summed E-state index contributed by atoms with van der Waals surface area (Å²) in [5, 5.41) is 2.79. The van der Waals surface area contributed by atoms with Crippen LogP contribution in [-0.4, -0.2) is 49.8 Å². The molecule has 0 heterocycles. The summed E-state index contributed by atoms with van der Waals surface area (Å²) in [4.78, 5) is 13.1. The van der Waals surface area contributed by atoms with E-state index in [1.807, 2.05) is 6.92 Å². The Hall–Kier alpha value is -3.57. The summed E-state index contributed by atoms with van der Waals surface area (Å²) < 4.78 is 62.3. The van der Waals surface area contributed by atoms with Crippen LogP contribution in [0.4, 0.5) is 5.69 Å². The molecule has 0 radical (unpaired) electrons. The van der Waals surface area contributed by atoms with E-state index in [0.717, 1.165) is 16.1 Å². The van der Waals surface area contributed by atoms with Gasteiger partial charge in [-0.25, -0.2) is 16.8 Å². The second-order valence-corrected chi connectivity index (χ2v) is 12.4. The standard InChI is InChI=1S/C26H30N2O7S2/c1-18-6-10-21(11-7-18)28(37(32,33)23-14-15-24(34-3)25(16-23)35-4)17-26(29)27-19(2)20-8-12-22(13-9-20)36(5,30)31/h6-16,19H,17H2,1-5H3,(H,27,29)/t19-/m0/s1. The molecule has 1 atom stereocenters. The molecule has 0 aliphatic heterocycles. The molecule has 1 amide bonds. The van der Waals surface area contributed by atoms with Crippen molar-refractivity contribution in [1.82, 2.24) is 5.32 Å². The fourth-order valence-electron chi connectivity index (χ4n) is 3.63. The Balaban J connectivity index is 1.90. The molecule has 11 heteroatoms. The largest absolute Gasteiger partial charge is 0.493 e. The molecule has 3 aromatic rings. The van der Waals surface area contributed by atoms with Gasteiger partial charge in [-0.3, -0.25) is 9.10 Å². The highest BCUT2D eigenvalue weighted by Crippen LogP contribution is 2.32. The number of ether oxygens (including phenoxy) is 2. The lowest BCUT2D eigenvalue weighted by atomic mass is 10.1. The molecule has 0 bridgehead atoms. The van der Waals surface area contributed by atoms with Gasteiger partial charge in [0.2, 0.25) is 5.91 Å². The van der Waals surface area contributed by atoms with E-state index in [-0.39, 0.29) is 15.5 Å². The molecule has 37 heavy (non-hydrogen) atoms. The van der Waals surface area contributed by atoms with Crippen molar-refractivity contribution < 1.29 is 31.1 Å². The summed E-state index contributed by atoms with van der Waals surface area (Å²) in [6.07, 6.45) is 1.12. The molecule has 9 nitrogen and oxygen atoms in total. The van der Waals surface area contributed by atoms with Crippen LogP contribution in [0.3, 0.4) is 0 Å². The third-order valence-corrected chi connectivity index (χ3v) is 8.64. The molecule has 0 saturated heterocycles. The van der Waals surface area contributed by atoms with Crippen LogP contribution in [0, 0.1) is 6.92 Å². The van der Waals surface area contributed by atoms with Gasteiger partial charge in [-0.05, 0) is 55.8 Å². The van der Waals surface area contributed by atoms with Crippen LogP contribution in [0.15, 0.2) is 76.5 Å². The van der Waals surface area contributed by atoms with E-state index in [9.17, 15) is 21.6 Å². The van der Waals surface area contributed by atoms with E-state index in [4.69, 9.17) is 9.47 Å². The lowest BCUT2D eigenvalue weighted by molar-refractivity contribution is -0.120. The summed E-state index contributed by atoms with van der Waals surface area (Å²) in [7, 11) is -4.66. The Morgan fingerprint density at radius 2 is 1.43 bits per heavy atom. The zero-order chi connectivity index (χ0) is 27.4. The van der Waals surface area contributed by atoms with Crippen molar-refractivity contribution in [2.75, 3.05) is 31.3 Å². The minimum Gasteiger partial charge on any atom is -0.493 e. The van der Waals surface area contributed by atoms with Crippen LogP contribution < -0.4 is 19.1 Å². The molecule has 1 N–H and O–H groups in total. The summed E-state index contributed by atoms with van der Waals surface area (Å²) >= 11 is 0. The monoisotopic (exact) mass is 546 g/mol. The second kappa shape index (κ2) is 11.2. The summed E-state index contributed by atoms with van der Waals surface area (Å²) in [6, 6.07) is 16.7. The number of nitrogens with one attached hydrogen (secondary N) is 1. The van der Waals surface area contributed by atoms with Crippen LogP contribution in [0.25, 0.3) is 0 Å². The molecular weight excluding hydrogens is 516 g/mol. The highest BCUT2D eigenvalue weighted by atomic mass is 32.2. The maximum atomic E-state index is 13.7. The number of rotatable bonds is 10. The normalized spacial score (nSPS) is 12.5. The molecular formula is C26H30N2O7S2. The van der Waals surface area contributed by atoms with Gasteiger partial charge in [0.1, 0.15) is 6.54 Å². The van der Waals surface area contributed by atoms with Crippen molar-refractivity contribution in [1.29, 1.82) is 0 Å². The molecule has 0 unspecified atom stereocenters. The zero-order valence-electron chi connectivity index (χ0n) is 21.3. The van der Waals surface area contributed by atoms with Gasteiger partial charge in [-0.1, -0.05) is 29.8 Å². The van der Waals surface area contributed by atoms with Crippen molar-refractivity contribution in [2.24, 2.45) is 0 Å². The highest BCUT2D eigenvalue weighted by Gasteiger charge is 2.29. The number of carbonyl (C=O) groups excluding carboxylic acids is 1. The second-order valence-electron chi connectivity index (χ2n) is 8.49. The van der Waals surface area contributed by atoms with E-state index in [0.29, 0.717) is 17.0 Å². The van der Waals surface area contributed by atoms with Crippen LogP contribution >= 0.6 is 0 Å². The van der Waals surface area contributed by atoms with Crippen molar-refractivity contribution in [3.05, 3.63) is 77.9 Å². The number of carbonyl (C=O) groups is 1. The van der Waals surface area contributed by atoms with E-state index in [1.165, 1.54) is 44.6 Å². The van der Waals surface area contributed by atoms with E-state index in [2.05, 4.69) is 5.32 Å². The predicted octanol–water partition coefficient (Wildman–Crippen LogP) is 3.49. The lowest BCUT2D eigenvalue weighted by Crippen LogP contribution is -2.41. The first kappa shape index (κ1) is 28.0. The van der Waals surface area contributed by atoms with Crippen LogP contribution in [0.5, 0.6) is 11.5 Å². The Labute approximate surface area is 218 Å². The number of amides is 1. The van der Waals surface area contributed by atoms with Crippen LogP contribution in [0.2, 0.25) is 0 Å².